The minimum absolute atomic E-state index is 0.0823. The van der Waals surface area contributed by atoms with Crippen molar-refractivity contribution in [3.05, 3.63) is 0 Å². The lowest BCUT2D eigenvalue weighted by Gasteiger charge is -2.30. The quantitative estimate of drug-likeness (QED) is 0.765. The Hall–Kier alpha value is -0.820. The number of hydrogen-bond donors (Lipinski definition) is 1. The van der Waals surface area contributed by atoms with Crippen molar-refractivity contribution in [2.45, 2.75) is 44.0 Å². The number of carbonyl (C=O) groups is 1. The molecule has 1 unspecified atom stereocenters. The van der Waals surface area contributed by atoms with Crippen molar-refractivity contribution < 1.29 is 27.8 Å². The summed E-state index contributed by atoms with van der Waals surface area (Å²) in [6.07, 6.45) is -3.71. The van der Waals surface area contributed by atoms with Gasteiger partial charge in [-0.2, -0.15) is 13.2 Å². The fourth-order valence-corrected chi connectivity index (χ4v) is 2.17. The van der Waals surface area contributed by atoms with E-state index in [1.807, 2.05) is 0 Å². The van der Waals surface area contributed by atoms with E-state index in [0.29, 0.717) is 0 Å². The summed E-state index contributed by atoms with van der Waals surface area (Å²) in [4.78, 5) is 12.6. The summed E-state index contributed by atoms with van der Waals surface area (Å²) in [5.74, 6) is -0.587. The first-order valence-corrected chi connectivity index (χ1v) is 5.90. The molecule has 0 radical (unpaired) electrons. The van der Waals surface area contributed by atoms with Crippen molar-refractivity contribution in [3.8, 4) is 0 Å². The van der Waals surface area contributed by atoms with Gasteiger partial charge in [0.2, 0.25) is 0 Å². The van der Waals surface area contributed by atoms with E-state index >= 15 is 0 Å². The number of ether oxygens (including phenoxy) is 1. The molecule has 0 aromatic heterocycles. The molecule has 18 heavy (non-hydrogen) atoms. The van der Waals surface area contributed by atoms with E-state index in [0.717, 1.165) is 25.7 Å². The number of aliphatic hydroxyl groups is 1. The van der Waals surface area contributed by atoms with Crippen LogP contribution in [0, 0.1) is 0 Å². The Kier molecular flexibility index (Phi) is 5.40. The molecule has 0 aromatic carbocycles. The molecule has 1 aliphatic rings. The Morgan fingerprint density at radius 1 is 1.44 bits per heavy atom. The SMILES string of the molecule is COC(=O)CN(CC(O)C(F)(F)F)C1CCCC1. The van der Waals surface area contributed by atoms with Gasteiger partial charge < -0.3 is 9.84 Å². The van der Waals surface area contributed by atoms with E-state index in [1.165, 1.54) is 12.0 Å². The van der Waals surface area contributed by atoms with Crippen molar-refractivity contribution in [1.29, 1.82) is 0 Å². The summed E-state index contributed by atoms with van der Waals surface area (Å²) in [5.41, 5.74) is 0. The molecule has 0 aromatic rings. The zero-order valence-corrected chi connectivity index (χ0v) is 10.2. The van der Waals surface area contributed by atoms with Gasteiger partial charge in [0.25, 0.3) is 0 Å². The van der Waals surface area contributed by atoms with Crippen LogP contribution in [0.3, 0.4) is 0 Å². The maximum atomic E-state index is 12.3. The Bertz CT molecular complexity index is 277. The van der Waals surface area contributed by atoms with Crippen molar-refractivity contribution in [1.82, 2.24) is 4.90 Å². The molecule has 0 aliphatic heterocycles. The zero-order valence-electron chi connectivity index (χ0n) is 10.2. The first-order valence-electron chi connectivity index (χ1n) is 5.90. The molecule has 4 nitrogen and oxygen atoms in total. The van der Waals surface area contributed by atoms with Gasteiger partial charge in [0.1, 0.15) is 0 Å². The van der Waals surface area contributed by atoms with E-state index in [2.05, 4.69) is 4.74 Å². The molecular formula is C11H18F3NO3. The first kappa shape index (κ1) is 15.2. The predicted octanol–water partition coefficient (Wildman–Crippen LogP) is 1.33. The van der Waals surface area contributed by atoms with Gasteiger partial charge >= 0.3 is 12.1 Å². The molecule has 1 saturated carbocycles. The zero-order chi connectivity index (χ0) is 13.8. The molecule has 0 heterocycles. The largest absolute Gasteiger partial charge is 0.468 e. The van der Waals surface area contributed by atoms with E-state index in [9.17, 15) is 18.0 Å². The van der Waals surface area contributed by atoms with Crippen LogP contribution in [-0.4, -0.2) is 54.5 Å². The van der Waals surface area contributed by atoms with Crippen LogP contribution >= 0.6 is 0 Å². The minimum atomic E-state index is -4.66. The van der Waals surface area contributed by atoms with Crippen LogP contribution in [0.4, 0.5) is 13.2 Å². The fraction of sp³-hybridized carbons (Fsp3) is 0.909. The van der Waals surface area contributed by atoms with Crippen LogP contribution in [0.15, 0.2) is 0 Å². The van der Waals surface area contributed by atoms with Gasteiger partial charge in [0.05, 0.1) is 13.7 Å². The lowest BCUT2D eigenvalue weighted by molar-refractivity contribution is -0.210. The summed E-state index contributed by atoms with van der Waals surface area (Å²) in [7, 11) is 1.19. The summed E-state index contributed by atoms with van der Waals surface area (Å²) >= 11 is 0. The van der Waals surface area contributed by atoms with Crippen LogP contribution in [0.5, 0.6) is 0 Å². The molecule has 0 bridgehead atoms. The number of esters is 1. The Labute approximate surface area is 104 Å². The third-order valence-electron chi connectivity index (χ3n) is 3.19. The van der Waals surface area contributed by atoms with E-state index < -0.39 is 24.8 Å². The number of nitrogens with zero attached hydrogens (tertiary/aromatic N) is 1. The summed E-state index contributed by atoms with van der Waals surface area (Å²) in [5, 5.41) is 9.08. The molecule has 1 aliphatic carbocycles. The number of halogens is 3. The molecule has 0 spiro atoms. The number of alkyl halides is 3. The monoisotopic (exact) mass is 269 g/mol. The highest BCUT2D eigenvalue weighted by Gasteiger charge is 2.40. The second kappa shape index (κ2) is 6.38. The van der Waals surface area contributed by atoms with Gasteiger partial charge in [-0.3, -0.25) is 9.69 Å². The second-order valence-corrected chi connectivity index (χ2v) is 4.50. The molecule has 7 heteroatoms. The smallest absolute Gasteiger partial charge is 0.415 e. The topological polar surface area (TPSA) is 49.8 Å². The van der Waals surface area contributed by atoms with Gasteiger partial charge in [0.15, 0.2) is 6.10 Å². The molecule has 0 saturated heterocycles. The van der Waals surface area contributed by atoms with E-state index in [1.54, 1.807) is 0 Å². The molecule has 1 rings (SSSR count). The number of rotatable bonds is 5. The lowest BCUT2D eigenvalue weighted by atomic mass is 10.2. The Morgan fingerprint density at radius 3 is 2.44 bits per heavy atom. The summed E-state index contributed by atoms with van der Waals surface area (Å²) in [6, 6.07) is -0.0823. The van der Waals surface area contributed by atoms with E-state index in [-0.39, 0.29) is 12.6 Å². The number of carbonyl (C=O) groups excluding carboxylic acids is 1. The highest BCUT2D eigenvalue weighted by molar-refractivity contribution is 5.71. The summed E-state index contributed by atoms with van der Waals surface area (Å²) < 4.78 is 41.4. The van der Waals surface area contributed by atoms with Gasteiger partial charge in [0, 0.05) is 12.6 Å². The molecule has 1 fully saturated rings. The van der Waals surface area contributed by atoms with Crippen molar-refractivity contribution >= 4 is 5.97 Å². The fourth-order valence-electron chi connectivity index (χ4n) is 2.17. The Balaban J connectivity index is 2.62. The second-order valence-electron chi connectivity index (χ2n) is 4.50. The van der Waals surface area contributed by atoms with Gasteiger partial charge in [-0.1, -0.05) is 12.8 Å². The molecule has 1 atom stereocenters. The molecule has 106 valence electrons. The van der Waals surface area contributed by atoms with Crippen LogP contribution in [0.1, 0.15) is 25.7 Å². The van der Waals surface area contributed by atoms with Crippen molar-refractivity contribution in [2.75, 3.05) is 20.2 Å². The number of hydrogen-bond acceptors (Lipinski definition) is 4. The number of aliphatic hydroxyl groups excluding tert-OH is 1. The maximum Gasteiger partial charge on any atom is 0.415 e. The van der Waals surface area contributed by atoms with Crippen LogP contribution < -0.4 is 0 Å². The molecule has 1 N–H and O–H groups in total. The highest BCUT2D eigenvalue weighted by atomic mass is 19.4. The summed E-state index contributed by atoms with van der Waals surface area (Å²) in [6.45, 7) is -0.794. The predicted molar refractivity (Wildman–Crippen MR) is 57.9 cm³/mol. The third kappa shape index (κ3) is 4.45. The third-order valence-corrected chi connectivity index (χ3v) is 3.19. The van der Waals surface area contributed by atoms with E-state index in [4.69, 9.17) is 5.11 Å². The van der Waals surface area contributed by atoms with Crippen LogP contribution in [-0.2, 0) is 9.53 Å². The molecule has 0 amide bonds. The normalized spacial score (nSPS) is 19.2. The molecular weight excluding hydrogens is 251 g/mol. The lowest BCUT2D eigenvalue weighted by Crippen LogP contribution is -2.47. The van der Waals surface area contributed by atoms with Gasteiger partial charge in [-0.25, -0.2) is 0 Å². The first-order chi connectivity index (χ1) is 8.34. The van der Waals surface area contributed by atoms with Crippen LogP contribution in [0.25, 0.3) is 0 Å². The van der Waals surface area contributed by atoms with Crippen LogP contribution in [0.2, 0.25) is 0 Å². The number of methoxy groups -OCH3 is 1. The van der Waals surface area contributed by atoms with Gasteiger partial charge in [-0.05, 0) is 12.8 Å². The average molecular weight is 269 g/mol. The van der Waals surface area contributed by atoms with Crippen molar-refractivity contribution in [3.63, 3.8) is 0 Å². The Morgan fingerprint density at radius 2 is 2.00 bits per heavy atom. The maximum absolute atomic E-state index is 12.3. The van der Waals surface area contributed by atoms with Crippen molar-refractivity contribution in [2.24, 2.45) is 0 Å². The highest BCUT2D eigenvalue weighted by Crippen LogP contribution is 2.26. The standard InChI is InChI=1S/C11H18F3NO3/c1-18-10(17)7-15(8-4-2-3-5-8)6-9(16)11(12,13)14/h8-9,16H,2-7H2,1H3. The minimum Gasteiger partial charge on any atom is -0.468 e. The van der Waals surface area contributed by atoms with Gasteiger partial charge in [-0.15, -0.1) is 0 Å². The average Bonchev–Trinajstić information content (AvgIpc) is 2.79.